The van der Waals surface area contributed by atoms with Crippen LogP contribution in [-0.4, -0.2) is 25.0 Å². The predicted octanol–water partition coefficient (Wildman–Crippen LogP) is 1.52. The van der Waals surface area contributed by atoms with Gasteiger partial charge in [0.15, 0.2) is 11.5 Å². The first kappa shape index (κ1) is 10.4. The SMILES string of the molecule is COc1cc2c(cc1/C=C/C(=O)O)OCO2. The van der Waals surface area contributed by atoms with Crippen molar-refractivity contribution in [2.45, 2.75) is 0 Å². The van der Waals surface area contributed by atoms with Crippen LogP contribution in [-0.2, 0) is 4.79 Å². The lowest BCUT2D eigenvalue weighted by atomic mass is 10.1. The van der Waals surface area contributed by atoms with Crippen molar-refractivity contribution in [1.82, 2.24) is 0 Å². The molecule has 2 rings (SSSR count). The Morgan fingerprint density at radius 1 is 1.44 bits per heavy atom. The van der Waals surface area contributed by atoms with E-state index in [0.29, 0.717) is 22.8 Å². The van der Waals surface area contributed by atoms with Gasteiger partial charge in [0.05, 0.1) is 7.11 Å². The van der Waals surface area contributed by atoms with Crippen LogP contribution in [0.5, 0.6) is 17.2 Å². The summed E-state index contributed by atoms with van der Waals surface area (Å²) in [6.07, 6.45) is 2.49. The van der Waals surface area contributed by atoms with Crippen molar-refractivity contribution in [3.05, 3.63) is 23.8 Å². The molecule has 0 aliphatic carbocycles. The number of ether oxygens (including phenoxy) is 3. The molecule has 1 aliphatic rings. The van der Waals surface area contributed by atoms with E-state index >= 15 is 0 Å². The van der Waals surface area contributed by atoms with Gasteiger partial charge in [0, 0.05) is 17.7 Å². The van der Waals surface area contributed by atoms with Crippen LogP contribution in [0.1, 0.15) is 5.56 Å². The summed E-state index contributed by atoms with van der Waals surface area (Å²) in [5, 5.41) is 8.55. The number of aliphatic carboxylic acids is 1. The molecule has 0 amide bonds. The summed E-state index contributed by atoms with van der Waals surface area (Å²) in [4.78, 5) is 10.4. The topological polar surface area (TPSA) is 65.0 Å². The molecule has 16 heavy (non-hydrogen) atoms. The number of carbonyl (C=O) groups is 1. The van der Waals surface area contributed by atoms with Crippen LogP contribution in [0, 0.1) is 0 Å². The molecule has 0 aromatic heterocycles. The van der Waals surface area contributed by atoms with E-state index in [9.17, 15) is 4.79 Å². The lowest BCUT2D eigenvalue weighted by molar-refractivity contribution is -0.131. The van der Waals surface area contributed by atoms with Gasteiger partial charge in [-0.15, -0.1) is 0 Å². The Hall–Kier alpha value is -2.17. The van der Waals surface area contributed by atoms with Crippen molar-refractivity contribution in [3.63, 3.8) is 0 Å². The van der Waals surface area contributed by atoms with Gasteiger partial charge in [-0.3, -0.25) is 0 Å². The molecule has 1 aromatic carbocycles. The third-order valence-electron chi connectivity index (χ3n) is 2.13. The van der Waals surface area contributed by atoms with Crippen molar-refractivity contribution in [3.8, 4) is 17.2 Å². The Balaban J connectivity index is 2.39. The Morgan fingerprint density at radius 2 is 2.12 bits per heavy atom. The first-order valence-electron chi connectivity index (χ1n) is 4.59. The van der Waals surface area contributed by atoms with Crippen LogP contribution in [0.4, 0.5) is 0 Å². The summed E-state index contributed by atoms with van der Waals surface area (Å²) in [6.45, 7) is 0.171. The van der Waals surface area contributed by atoms with Gasteiger partial charge in [0.1, 0.15) is 5.75 Å². The largest absolute Gasteiger partial charge is 0.496 e. The molecule has 0 atom stereocenters. The number of carboxylic acid groups (broad SMARTS) is 1. The van der Waals surface area contributed by atoms with E-state index in [2.05, 4.69) is 0 Å². The maximum atomic E-state index is 10.4. The summed E-state index contributed by atoms with van der Waals surface area (Å²) in [5.41, 5.74) is 0.633. The van der Waals surface area contributed by atoms with Gasteiger partial charge in [-0.2, -0.15) is 0 Å². The molecule has 1 heterocycles. The van der Waals surface area contributed by atoms with Crippen LogP contribution in [0.15, 0.2) is 18.2 Å². The molecule has 0 spiro atoms. The third-order valence-corrected chi connectivity index (χ3v) is 2.13. The zero-order chi connectivity index (χ0) is 11.5. The summed E-state index contributed by atoms with van der Waals surface area (Å²) in [5.74, 6) is 0.719. The van der Waals surface area contributed by atoms with Crippen LogP contribution in [0.3, 0.4) is 0 Å². The number of fused-ring (bicyclic) bond motifs is 1. The molecule has 84 valence electrons. The van der Waals surface area contributed by atoms with Crippen molar-refractivity contribution >= 4 is 12.0 Å². The standard InChI is InChI=1S/C11H10O5/c1-14-8-5-10-9(15-6-16-10)4-7(8)2-3-11(12)13/h2-5H,6H2,1H3,(H,12,13)/b3-2+. The van der Waals surface area contributed by atoms with Crippen LogP contribution < -0.4 is 14.2 Å². The number of carboxylic acids is 1. The Morgan fingerprint density at radius 3 is 2.75 bits per heavy atom. The monoisotopic (exact) mass is 222 g/mol. The first-order valence-corrected chi connectivity index (χ1v) is 4.59. The summed E-state index contributed by atoms with van der Waals surface area (Å²) in [7, 11) is 1.51. The molecule has 1 N–H and O–H groups in total. The minimum absolute atomic E-state index is 0.171. The number of hydrogen-bond acceptors (Lipinski definition) is 4. The Labute approximate surface area is 91.9 Å². The quantitative estimate of drug-likeness (QED) is 0.785. The van der Waals surface area contributed by atoms with Gasteiger partial charge in [-0.05, 0) is 12.1 Å². The van der Waals surface area contributed by atoms with Gasteiger partial charge < -0.3 is 19.3 Å². The fourth-order valence-corrected chi connectivity index (χ4v) is 1.41. The van der Waals surface area contributed by atoms with Gasteiger partial charge >= 0.3 is 5.97 Å². The number of hydrogen-bond donors (Lipinski definition) is 1. The van der Waals surface area contributed by atoms with E-state index in [4.69, 9.17) is 19.3 Å². The lowest BCUT2D eigenvalue weighted by Crippen LogP contribution is -1.92. The van der Waals surface area contributed by atoms with E-state index < -0.39 is 5.97 Å². The average Bonchev–Trinajstić information content (AvgIpc) is 2.71. The highest BCUT2D eigenvalue weighted by Crippen LogP contribution is 2.38. The summed E-state index contributed by atoms with van der Waals surface area (Å²) < 4.78 is 15.5. The molecule has 0 unspecified atom stereocenters. The lowest BCUT2D eigenvalue weighted by Gasteiger charge is -2.05. The average molecular weight is 222 g/mol. The Kier molecular flexibility index (Phi) is 2.68. The van der Waals surface area contributed by atoms with Crippen LogP contribution >= 0.6 is 0 Å². The summed E-state index contributed by atoms with van der Waals surface area (Å²) >= 11 is 0. The molecular formula is C11H10O5. The van der Waals surface area contributed by atoms with E-state index in [0.717, 1.165) is 6.08 Å². The highest BCUT2D eigenvalue weighted by atomic mass is 16.7. The molecular weight excluding hydrogens is 212 g/mol. The maximum Gasteiger partial charge on any atom is 0.328 e. The number of rotatable bonds is 3. The first-order chi connectivity index (χ1) is 7.70. The molecule has 1 aromatic rings. The minimum atomic E-state index is -1.01. The second-order valence-electron chi connectivity index (χ2n) is 3.12. The highest BCUT2D eigenvalue weighted by molar-refractivity contribution is 5.86. The smallest absolute Gasteiger partial charge is 0.328 e. The van der Waals surface area contributed by atoms with Crippen molar-refractivity contribution in [2.24, 2.45) is 0 Å². The van der Waals surface area contributed by atoms with Crippen molar-refractivity contribution in [2.75, 3.05) is 13.9 Å². The molecule has 5 nitrogen and oxygen atoms in total. The molecule has 0 radical (unpaired) electrons. The zero-order valence-corrected chi connectivity index (χ0v) is 8.60. The Bertz CT molecular complexity index is 450. The molecule has 1 aliphatic heterocycles. The molecule has 0 bridgehead atoms. The van der Waals surface area contributed by atoms with E-state index in [1.807, 2.05) is 0 Å². The maximum absolute atomic E-state index is 10.4. The normalized spacial score (nSPS) is 13.1. The number of methoxy groups -OCH3 is 1. The van der Waals surface area contributed by atoms with Gasteiger partial charge in [0.25, 0.3) is 0 Å². The number of benzene rings is 1. The molecule has 0 fully saturated rings. The molecule has 5 heteroatoms. The van der Waals surface area contributed by atoms with Gasteiger partial charge in [0.2, 0.25) is 6.79 Å². The van der Waals surface area contributed by atoms with Gasteiger partial charge in [-0.25, -0.2) is 4.79 Å². The fourth-order valence-electron chi connectivity index (χ4n) is 1.41. The van der Waals surface area contributed by atoms with Crippen LogP contribution in [0.25, 0.3) is 6.08 Å². The zero-order valence-electron chi connectivity index (χ0n) is 8.60. The fraction of sp³-hybridized carbons (Fsp3) is 0.182. The summed E-state index contributed by atoms with van der Waals surface area (Å²) in [6, 6.07) is 3.35. The molecule has 0 saturated carbocycles. The minimum Gasteiger partial charge on any atom is -0.496 e. The second kappa shape index (κ2) is 4.14. The van der Waals surface area contributed by atoms with E-state index in [-0.39, 0.29) is 6.79 Å². The second-order valence-corrected chi connectivity index (χ2v) is 3.12. The van der Waals surface area contributed by atoms with Crippen LogP contribution in [0.2, 0.25) is 0 Å². The third kappa shape index (κ3) is 1.93. The highest BCUT2D eigenvalue weighted by Gasteiger charge is 2.16. The van der Waals surface area contributed by atoms with E-state index in [1.165, 1.54) is 13.2 Å². The predicted molar refractivity (Wildman–Crippen MR) is 55.8 cm³/mol. The van der Waals surface area contributed by atoms with Crippen molar-refractivity contribution in [1.29, 1.82) is 0 Å². The molecule has 0 saturated heterocycles. The van der Waals surface area contributed by atoms with Crippen molar-refractivity contribution < 1.29 is 24.1 Å². The van der Waals surface area contributed by atoms with Gasteiger partial charge in [-0.1, -0.05) is 0 Å². The van der Waals surface area contributed by atoms with E-state index in [1.54, 1.807) is 12.1 Å².